The van der Waals surface area contributed by atoms with Crippen LogP contribution in [0.15, 0.2) is 30.3 Å². The van der Waals surface area contributed by atoms with Gasteiger partial charge in [0.2, 0.25) is 11.8 Å². The van der Waals surface area contributed by atoms with Gasteiger partial charge in [-0.15, -0.1) is 0 Å². The number of amides is 2. The van der Waals surface area contributed by atoms with Crippen LogP contribution in [0.25, 0.3) is 0 Å². The van der Waals surface area contributed by atoms with E-state index in [1.54, 1.807) is 0 Å². The maximum Gasteiger partial charge on any atom is 0.234 e. The molecule has 108 valence electrons. The fourth-order valence-electron chi connectivity index (χ4n) is 2.24. The summed E-state index contributed by atoms with van der Waals surface area (Å²) in [6, 6.07) is 9.89. The lowest BCUT2D eigenvalue weighted by molar-refractivity contribution is -0.122. The second-order valence-corrected chi connectivity index (χ2v) is 5.04. The number of carbonyl (C=O) groups is 2. The second-order valence-electron chi connectivity index (χ2n) is 5.04. The minimum absolute atomic E-state index is 0.0430. The molecule has 20 heavy (non-hydrogen) atoms. The van der Waals surface area contributed by atoms with E-state index in [-0.39, 0.29) is 24.4 Å². The molecule has 0 aliphatic carbocycles. The second kappa shape index (κ2) is 7.65. The van der Waals surface area contributed by atoms with Gasteiger partial charge in [0, 0.05) is 25.6 Å². The summed E-state index contributed by atoms with van der Waals surface area (Å²) in [5, 5.41) is 8.85. The van der Waals surface area contributed by atoms with Crippen LogP contribution in [0.5, 0.6) is 0 Å². The molecule has 2 amide bonds. The topological polar surface area (TPSA) is 70.2 Å². The lowest BCUT2D eigenvalue weighted by Gasteiger charge is -2.14. The summed E-state index contributed by atoms with van der Waals surface area (Å²) >= 11 is 0. The predicted molar refractivity (Wildman–Crippen MR) is 76.9 cm³/mol. The molecule has 0 radical (unpaired) electrons. The van der Waals surface area contributed by atoms with Crippen molar-refractivity contribution in [2.75, 3.05) is 13.1 Å². The van der Waals surface area contributed by atoms with Crippen LogP contribution >= 0.6 is 0 Å². The van der Waals surface area contributed by atoms with Crippen LogP contribution in [0.2, 0.25) is 0 Å². The van der Waals surface area contributed by atoms with Crippen LogP contribution in [-0.4, -0.2) is 30.9 Å². The summed E-state index contributed by atoms with van der Waals surface area (Å²) < 4.78 is 0. The third-order valence-corrected chi connectivity index (χ3v) is 3.37. The van der Waals surface area contributed by atoms with Crippen molar-refractivity contribution in [1.82, 2.24) is 16.0 Å². The average Bonchev–Trinajstić information content (AvgIpc) is 2.68. The summed E-state index contributed by atoms with van der Waals surface area (Å²) in [4.78, 5) is 23.1. The molecule has 1 aromatic rings. The van der Waals surface area contributed by atoms with Crippen molar-refractivity contribution in [2.24, 2.45) is 0 Å². The molecule has 5 nitrogen and oxygen atoms in total. The van der Waals surface area contributed by atoms with Crippen molar-refractivity contribution in [2.45, 2.75) is 31.8 Å². The number of hydrogen-bond donors (Lipinski definition) is 3. The van der Waals surface area contributed by atoms with Crippen molar-refractivity contribution >= 4 is 11.8 Å². The minimum atomic E-state index is -0.0430. The van der Waals surface area contributed by atoms with Crippen molar-refractivity contribution in [1.29, 1.82) is 0 Å². The van der Waals surface area contributed by atoms with Crippen LogP contribution in [0.1, 0.15) is 24.8 Å². The molecule has 3 N–H and O–H groups in total. The molecule has 1 saturated heterocycles. The summed E-state index contributed by atoms with van der Waals surface area (Å²) in [5.74, 6) is 0.0169. The first kappa shape index (κ1) is 14.5. The maximum absolute atomic E-state index is 11.8. The normalized spacial score (nSPS) is 19.0. The molecule has 1 aliphatic heterocycles. The standard InChI is InChI=1S/C15H21N3O2/c19-14-9-13(7-4-8-16-14)17-11-15(20)18-10-12-5-2-1-3-6-12/h1-3,5-6,13,17H,4,7-11H2,(H,16,19)(H,18,20). The number of hydrogen-bond acceptors (Lipinski definition) is 3. The Morgan fingerprint density at radius 3 is 2.90 bits per heavy atom. The summed E-state index contributed by atoms with van der Waals surface area (Å²) in [7, 11) is 0. The zero-order valence-corrected chi connectivity index (χ0v) is 11.5. The van der Waals surface area contributed by atoms with Crippen LogP contribution in [-0.2, 0) is 16.1 Å². The molecule has 1 atom stereocenters. The SMILES string of the molecule is O=C(CNC1CCCNC(=O)C1)NCc1ccccc1. The van der Waals surface area contributed by atoms with Crippen molar-refractivity contribution in [3.05, 3.63) is 35.9 Å². The molecule has 1 unspecified atom stereocenters. The van der Waals surface area contributed by atoms with E-state index in [0.717, 1.165) is 24.9 Å². The van der Waals surface area contributed by atoms with Gasteiger partial charge in [-0.25, -0.2) is 0 Å². The molecule has 1 heterocycles. The third-order valence-electron chi connectivity index (χ3n) is 3.37. The molecule has 1 fully saturated rings. The summed E-state index contributed by atoms with van der Waals surface area (Å²) in [6.07, 6.45) is 2.33. The Bertz CT molecular complexity index is 448. The van der Waals surface area contributed by atoms with Crippen LogP contribution in [0, 0.1) is 0 Å². The van der Waals surface area contributed by atoms with E-state index in [2.05, 4.69) is 16.0 Å². The molecular formula is C15H21N3O2. The first-order valence-corrected chi connectivity index (χ1v) is 7.05. The van der Waals surface area contributed by atoms with Crippen molar-refractivity contribution in [3.63, 3.8) is 0 Å². The van der Waals surface area contributed by atoms with E-state index in [1.165, 1.54) is 0 Å². The van der Waals surface area contributed by atoms with Gasteiger partial charge in [-0.3, -0.25) is 9.59 Å². The highest BCUT2D eigenvalue weighted by molar-refractivity contribution is 5.79. The quantitative estimate of drug-likeness (QED) is 0.735. The molecule has 0 bridgehead atoms. The minimum Gasteiger partial charge on any atom is -0.356 e. The highest BCUT2D eigenvalue weighted by atomic mass is 16.2. The molecule has 2 rings (SSSR count). The molecule has 5 heteroatoms. The number of rotatable bonds is 5. The van der Waals surface area contributed by atoms with E-state index >= 15 is 0 Å². The lowest BCUT2D eigenvalue weighted by Crippen LogP contribution is -2.40. The lowest BCUT2D eigenvalue weighted by atomic mass is 10.1. The number of carbonyl (C=O) groups excluding carboxylic acids is 2. The van der Waals surface area contributed by atoms with E-state index in [1.807, 2.05) is 30.3 Å². The highest BCUT2D eigenvalue weighted by Gasteiger charge is 2.17. The zero-order chi connectivity index (χ0) is 14.2. The first-order valence-electron chi connectivity index (χ1n) is 7.05. The monoisotopic (exact) mass is 275 g/mol. The summed E-state index contributed by atoms with van der Waals surface area (Å²) in [5.41, 5.74) is 1.08. The molecule has 0 aromatic heterocycles. The van der Waals surface area contributed by atoms with Crippen molar-refractivity contribution < 1.29 is 9.59 Å². The van der Waals surface area contributed by atoms with Gasteiger partial charge < -0.3 is 16.0 Å². The third kappa shape index (κ3) is 5.01. The number of nitrogens with one attached hydrogen (secondary N) is 3. The number of benzene rings is 1. The fraction of sp³-hybridized carbons (Fsp3) is 0.467. The van der Waals surface area contributed by atoms with E-state index in [0.29, 0.717) is 13.0 Å². The molecule has 0 spiro atoms. The van der Waals surface area contributed by atoms with Gasteiger partial charge in [-0.05, 0) is 18.4 Å². The zero-order valence-electron chi connectivity index (χ0n) is 11.5. The Kier molecular flexibility index (Phi) is 5.55. The molecule has 1 aromatic carbocycles. The Hall–Kier alpha value is -1.88. The Morgan fingerprint density at radius 2 is 2.10 bits per heavy atom. The van der Waals surface area contributed by atoms with E-state index < -0.39 is 0 Å². The Labute approximate surface area is 119 Å². The van der Waals surface area contributed by atoms with Gasteiger partial charge >= 0.3 is 0 Å². The van der Waals surface area contributed by atoms with Crippen molar-refractivity contribution in [3.8, 4) is 0 Å². The average molecular weight is 275 g/mol. The van der Waals surface area contributed by atoms with Crippen LogP contribution in [0.3, 0.4) is 0 Å². The predicted octanol–water partition coefficient (Wildman–Crippen LogP) is 0.561. The maximum atomic E-state index is 11.8. The van der Waals surface area contributed by atoms with E-state index in [9.17, 15) is 9.59 Å². The van der Waals surface area contributed by atoms with Gasteiger partial charge in [0.1, 0.15) is 0 Å². The highest BCUT2D eigenvalue weighted by Crippen LogP contribution is 2.05. The Balaban J connectivity index is 1.68. The molecular weight excluding hydrogens is 254 g/mol. The fourth-order valence-corrected chi connectivity index (χ4v) is 2.24. The Morgan fingerprint density at radius 1 is 1.30 bits per heavy atom. The summed E-state index contributed by atoms with van der Waals surface area (Å²) in [6.45, 7) is 1.52. The van der Waals surface area contributed by atoms with Gasteiger partial charge in [-0.1, -0.05) is 30.3 Å². The van der Waals surface area contributed by atoms with E-state index in [4.69, 9.17) is 0 Å². The van der Waals surface area contributed by atoms with Gasteiger partial charge in [-0.2, -0.15) is 0 Å². The molecule has 0 saturated carbocycles. The van der Waals surface area contributed by atoms with Gasteiger partial charge in [0.15, 0.2) is 0 Å². The molecule has 1 aliphatic rings. The first-order chi connectivity index (χ1) is 9.74. The van der Waals surface area contributed by atoms with Gasteiger partial charge in [0.25, 0.3) is 0 Å². The van der Waals surface area contributed by atoms with Crippen LogP contribution < -0.4 is 16.0 Å². The largest absolute Gasteiger partial charge is 0.356 e. The smallest absolute Gasteiger partial charge is 0.234 e. The van der Waals surface area contributed by atoms with Gasteiger partial charge in [0.05, 0.1) is 6.54 Å². The van der Waals surface area contributed by atoms with Crippen LogP contribution in [0.4, 0.5) is 0 Å².